The third-order valence-corrected chi connectivity index (χ3v) is 3.52. The highest BCUT2D eigenvalue weighted by atomic mass is 79.9. The van der Waals surface area contributed by atoms with Crippen LogP contribution in [0.3, 0.4) is 0 Å². The SMILES string of the molecule is CCN(Cc1ccc(O)c(Br)c1)c1ccccc1. The Morgan fingerprint density at radius 1 is 1.11 bits per heavy atom. The van der Waals surface area contributed by atoms with E-state index in [-0.39, 0.29) is 5.75 Å². The summed E-state index contributed by atoms with van der Waals surface area (Å²) in [6.45, 7) is 3.92. The second-order valence-electron chi connectivity index (χ2n) is 4.14. The van der Waals surface area contributed by atoms with Gasteiger partial charge >= 0.3 is 0 Å². The molecule has 0 bridgehead atoms. The molecule has 2 nitrogen and oxygen atoms in total. The van der Waals surface area contributed by atoms with Crippen LogP contribution in [0.2, 0.25) is 0 Å². The quantitative estimate of drug-likeness (QED) is 0.916. The lowest BCUT2D eigenvalue weighted by Crippen LogP contribution is -2.21. The Morgan fingerprint density at radius 2 is 1.83 bits per heavy atom. The normalized spacial score (nSPS) is 10.3. The topological polar surface area (TPSA) is 23.5 Å². The molecule has 2 aromatic carbocycles. The largest absolute Gasteiger partial charge is 0.507 e. The summed E-state index contributed by atoms with van der Waals surface area (Å²) in [7, 11) is 0. The summed E-state index contributed by atoms with van der Waals surface area (Å²) in [5.74, 6) is 0.279. The van der Waals surface area contributed by atoms with Crippen molar-refractivity contribution in [2.24, 2.45) is 0 Å². The minimum Gasteiger partial charge on any atom is -0.507 e. The van der Waals surface area contributed by atoms with Crippen LogP contribution < -0.4 is 4.90 Å². The highest BCUT2D eigenvalue weighted by Gasteiger charge is 2.06. The number of anilines is 1. The Morgan fingerprint density at radius 3 is 2.44 bits per heavy atom. The molecule has 94 valence electrons. The Bertz CT molecular complexity index is 513. The van der Waals surface area contributed by atoms with E-state index >= 15 is 0 Å². The van der Waals surface area contributed by atoms with E-state index < -0.39 is 0 Å². The maximum absolute atomic E-state index is 9.49. The van der Waals surface area contributed by atoms with E-state index in [0.717, 1.165) is 17.6 Å². The van der Waals surface area contributed by atoms with Gasteiger partial charge in [-0.2, -0.15) is 0 Å². The fourth-order valence-corrected chi connectivity index (χ4v) is 2.32. The number of phenols is 1. The van der Waals surface area contributed by atoms with Crippen molar-refractivity contribution in [3.63, 3.8) is 0 Å². The van der Waals surface area contributed by atoms with Gasteiger partial charge in [-0.1, -0.05) is 24.3 Å². The first-order chi connectivity index (χ1) is 8.70. The van der Waals surface area contributed by atoms with Crippen LogP contribution in [0.1, 0.15) is 12.5 Å². The number of halogens is 1. The smallest absolute Gasteiger partial charge is 0.129 e. The minimum atomic E-state index is 0.279. The predicted octanol–water partition coefficient (Wildman–Crippen LogP) is 4.18. The van der Waals surface area contributed by atoms with Gasteiger partial charge in [0.2, 0.25) is 0 Å². The molecule has 3 heteroatoms. The molecule has 18 heavy (non-hydrogen) atoms. The summed E-state index contributed by atoms with van der Waals surface area (Å²) in [5, 5.41) is 9.49. The van der Waals surface area contributed by atoms with Crippen molar-refractivity contribution in [1.82, 2.24) is 0 Å². The minimum absolute atomic E-state index is 0.279. The molecule has 2 aromatic rings. The van der Waals surface area contributed by atoms with Gasteiger partial charge in [0.05, 0.1) is 4.47 Å². The second-order valence-corrected chi connectivity index (χ2v) is 4.99. The van der Waals surface area contributed by atoms with Crippen molar-refractivity contribution in [2.75, 3.05) is 11.4 Å². The molecule has 0 atom stereocenters. The Balaban J connectivity index is 2.18. The fourth-order valence-electron chi connectivity index (χ4n) is 1.89. The number of aromatic hydroxyl groups is 1. The van der Waals surface area contributed by atoms with Crippen molar-refractivity contribution < 1.29 is 5.11 Å². The summed E-state index contributed by atoms with van der Waals surface area (Å²) in [6, 6.07) is 16.0. The number of rotatable bonds is 4. The van der Waals surface area contributed by atoms with E-state index in [9.17, 15) is 5.11 Å². The third kappa shape index (κ3) is 3.05. The number of benzene rings is 2. The molecule has 1 N–H and O–H groups in total. The zero-order valence-corrected chi connectivity index (χ0v) is 11.9. The van der Waals surface area contributed by atoms with Crippen LogP contribution in [-0.2, 0) is 6.54 Å². The Labute approximate surface area is 116 Å². The van der Waals surface area contributed by atoms with Gasteiger partial charge < -0.3 is 10.0 Å². The first-order valence-electron chi connectivity index (χ1n) is 5.98. The fraction of sp³-hybridized carbons (Fsp3) is 0.200. The molecule has 0 saturated carbocycles. The standard InChI is InChI=1S/C15H16BrNO/c1-2-17(13-6-4-3-5-7-13)11-12-8-9-15(18)14(16)10-12/h3-10,18H,2,11H2,1H3. The summed E-state index contributed by atoms with van der Waals surface area (Å²) in [6.07, 6.45) is 0. The van der Waals surface area contributed by atoms with E-state index in [2.05, 4.69) is 39.9 Å². The summed E-state index contributed by atoms with van der Waals surface area (Å²) in [4.78, 5) is 2.29. The van der Waals surface area contributed by atoms with Crippen LogP contribution in [0, 0.1) is 0 Å². The molecule has 0 aliphatic heterocycles. The van der Waals surface area contributed by atoms with Crippen LogP contribution in [0.25, 0.3) is 0 Å². The first-order valence-corrected chi connectivity index (χ1v) is 6.77. The van der Waals surface area contributed by atoms with E-state index in [1.165, 1.54) is 11.3 Å². The number of nitrogens with zero attached hydrogens (tertiary/aromatic N) is 1. The van der Waals surface area contributed by atoms with Gasteiger partial charge in [-0.3, -0.25) is 0 Å². The molecule has 0 amide bonds. The van der Waals surface area contributed by atoms with Crippen LogP contribution in [0.5, 0.6) is 5.75 Å². The first kappa shape index (κ1) is 13.0. The van der Waals surface area contributed by atoms with E-state index in [0.29, 0.717) is 0 Å². The van der Waals surface area contributed by atoms with Gasteiger partial charge in [-0.05, 0) is 52.7 Å². The summed E-state index contributed by atoms with van der Waals surface area (Å²) in [5.41, 5.74) is 2.38. The van der Waals surface area contributed by atoms with Gasteiger partial charge in [-0.15, -0.1) is 0 Å². The van der Waals surface area contributed by atoms with Crippen molar-refractivity contribution in [2.45, 2.75) is 13.5 Å². The summed E-state index contributed by atoms with van der Waals surface area (Å²) >= 11 is 3.35. The number of phenolic OH excluding ortho intramolecular Hbond substituents is 1. The molecule has 0 heterocycles. The maximum atomic E-state index is 9.49. The number of hydrogen-bond acceptors (Lipinski definition) is 2. The molecule has 0 spiro atoms. The lowest BCUT2D eigenvalue weighted by atomic mass is 10.2. The van der Waals surface area contributed by atoms with Gasteiger partial charge in [-0.25, -0.2) is 0 Å². The molecule has 0 aliphatic rings. The second kappa shape index (κ2) is 5.91. The molecule has 2 rings (SSSR count). The van der Waals surface area contributed by atoms with Crippen molar-refractivity contribution in [1.29, 1.82) is 0 Å². The average Bonchev–Trinajstić information content (AvgIpc) is 2.41. The monoisotopic (exact) mass is 305 g/mol. The molecule has 0 fully saturated rings. The van der Waals surface area contributed by atoms with Crippen LogP contribution >= 0.6 is 15.9 Å². The van der Waals surface area contributed by atoms with E-state index in [4.69, 9.17) is 0 Å². The molecule has 0 saturated heterocycles. The highest BCUT2D eigenvalue weighted by molar-refractivity contribution is 9.10. The number of hydrogen-bond donors (Lipinski definition) is 1. The van der Waals surface area contributed by atoms with E-state index in [1.807, 2.05) is 30.3 Å². The van der Waals surface area contributed by atoms with Gasteiger partial charge in [0.25, 0.3) is 0 Å². The number of para-hydroxylation sites is 1. The maximum Gasteiger partial charge on any atom is 0.129 e. The molecule has 0 unspecified atom stereocenters. The lowest BCUT2D eigenvalue weighted by molar-refractivity contribution is 0.471. The molecule has 0 aromatic heterocycles. The van der Waals surface area contributed by atoms with Crippen molar-refractivity contribution in [3.8, 4) is 5.75 Å². The van der Waals surface area contributed by atoms with Crippen LogP contribution in [0.4, 0.5) is 5.69 Å². The Kier molecular flexibility index (Phi) is 4.26. The van der Waals surface area contributed by atoms with Crippen LogP contribution in [0.15, 0.2) is 53.0 Å². The van der Waals surface area contributed by atoms with Gasteiger partial charge in [0, 0.05) is 18.8 Å². The molecule has 0 aliphatic carbocycles. The molecule has 0 radical (unpaired) electrons. The molecular weight excluding hydrogens is 290 g/mol. The zero-order valence-electron chi connectivity index (χ0n) is 10.3. The van der Waals surface area contributed by atoms with Crippen molar-refractivity contribution in [3.05, 3.63) is 58.6 Å². The van der Waals surface area contributed by atoms with E-state index in [1.54, 1.807) is 6.07 Å². The zero-order chi connectivity index (χ0) is 13.0. The van der Waals surface area contributed by atoms with Gasteiger partial charge in [0.1, 0.15) is 5.75 Å². The molecular formula is C15H16BrNO. The predicted molar refractivity (Wildman–Crippen MR) is 79.0 cm³/mol. The van der Waals surface area contributed by atoms with Crippen molar-refractivity contribution >= 4 is 21.6 Å². The lowest BCUT2D eigenvalue weighted by Gasteiger charge is -2.23. The Hall–Kier alpha value is -1.48. The average molecular weight is 306 g/mol. The third-order valence-electron chi connectivity index (χ3n) is 2.89. The highest BCUT2D eigenvalue weighted by Crippen LogP contribution is 2.25. The van der Waals surface area contributed by atoms with Gasteiger partial charge in [0.15, 0.2) is 0 Å². The van der Waals surface area contributed by atoms with Crippen LogP contribution in [-0.4, -0.2) is 11.7 Å². The summed E-state index contributed by atoms with van der Waals surface area (Å²) < 4.78 is 0.740.